The van der Waals surface area contributed by atoms with Gasteiger partial charge >= 0.3 is 0 Å². The number of hydrogen-bond acceptors (Lipinski definition) is 2. The summed E-state index contributed by atoms with van der Waals surface area (Å²) in [6.45, 7) is 4.80. The second kappa shape index (κ2) is 6.86. The Morgan fingerprint density at radius 2 is 1.85 bits per heavy atom. The number of H-pyrrole nitrogens is 1. The average molecular weight is 336 g/mol. The summed E-state index contributed by atoms with van der Waals surface area (Å²) >= 11 is 3.48. The smallest absolute Gasteiger partial charge is 0.253 e. The molecular weight excluding hydrogens is 318 g/mol. The first-order chi connectivity index (χ1) is 9.61. The van der Waals surface area contributed by atoms with Crippen molar-refractivity contribution in [2.75, 3.05) is 0 Å². The summed E-state index contributed by atoms with van der Waals surface area (Å²) < 4.78 is 6.68. The molecule has 2 aromatic rings. The van der Waals surface area contributed by atoms with E-state index in [0.29, 0.717) is 18.8 Å². The number of halogens is 1. The highest BCUT2D eigenvalue weighted by Crippen LogP contribution is 2.17. The number of hydrogen-bond donors (Lipinski definition) is 1. The standard InChI is InChI=1S/C16H18BrNO2/c1-3-12-8-14(16(19)18-11(12)2)10-20-9-13-6-4-5-7-15(13)17/h4-8H,3,9-10H2,1-2H3,(H,18,19). The number of aryl methyl sites for hydroxylation is 2. The Hall–Kier alpha value is -1.39. The summed E-state index contributed by atoms with van der Waals surface area (Å²) in [6.07, 6.45) is 0.903. The molecule has 0 saturated carbocycles. The van der Waals surface area contributed by atoms with Gasteiger partial charge in [0.25, 0.3) is 5.56 Å². The third-order valence-corrected chi connectivity index (χ3v) is 4.05. The predicted molar refractivity (Wildman–Crippen MR) is 83.8 cm³/mol. The van der Waals surface area contributed by atoms with Gasteiger partial charge in [-0.05, 0) is 36.6 Å². The minimum atomic E-state index is -0.0631. The van der Waals surface area contributed by atoms with E-state index < -0.39 is 0 Å². The third kappa shape index (κ3) is 3.58. The van der Waals surface area contributed by atoms with Crippen molar-refractivity contribution in [2.24, 2.45) is 0 Å². The molecule has 0 spiro atoms. The fraction of sp³-hybridized carbons (Fsp3) is 0.312. The van der Waals surface area contributed by atoms with Gasteiger partial charge in [-0.2, -0.15) is 0 Å². The first kappa shape index (κ1) is 15.0. The minimum Gasteiger partial charge on any atom is -0.372 e. The van der Waals surface area contributed by atoms with Crippen molar-refractivity contribution >= 4 is 15.9 Å². The SMILES string of the molecule is CCc1cc(COCc2ccccc2Br)c(=O)[nH]c1C. The van der Waals surface area contributed by atoms with Crippen LogP contribution >= 0.6 is 15.9 Å². The molecule has 0 bridgehead atoms. The maximum absolute atomic E-state index is 11.9. The summed E-state index contributed by atoms with van der Waals surface area (Å²) in [5.74, 6) is 0. The van der Waals surface area contributed by atoms with Crippen molar-refractivity contribution in [3.63, 3.8) is 0 Å². The van der Waals surface area contributed by atoms with Crippen LogP contribution in [0.1, 0.15) is 29.3 Å². The van der Waals surface area contributed by atoms with Gasteiger partial charge in [0.1, 0.15) is 0 Å². The lowest BCUT2D eigenvalue weighted by Gasteiger charge is -2.08. The number of pyridine rings is 1. The van der Waals surface area contributed by atoms with E-state index in [0.717, 1.165) is 27.7 Å². The lowest BCUT2D eigenvalue weighted by molar-refractivity contribution is 0.106. The second-order valence-electron chi connectivity index (χ2n) is 4.71. The van der Waals surface area contributed by atoms with Crippen molar-refractivity contribution < 1.29 is 4.74 Å². The summed E-state index contributed by atoms with van der Waals surface area (Å²) in [6, 6.07) is 9.85. The molecule has 3 nitrogen and oxygen atoms in total. The van der Waals surface area contributed by atoms with Crippen molar-refractivity contribution in [3.8, 4) is 0 Å². The number of ether oxygens (including phenoxy) is 1. The van der Waals surface area contributed by atoms with Gasteiger partial charge in [-0.25, -0.2) is 0 Å². The minimum absolute atomic E-state index is 0.0631. The van der Waals surface area contributed by atoms with Gasteiger partial charge in [-0.15, -0.1) is 0 Å². The van der Waals surface area contributed by atoms with Crippen LogP contribution in [0.15, 0.2) is 39.6 Å². The molecule has 4 heteroatoms. The molecule has 20 heavy (non-hydrogen) atoms. The van der Waals surface area contributed by atoms with E-state index in [1.165, 1.54) is 0 Å². The molecule has 0 saturated heterocycles. The maximum atomic E-state index is 11.9. The Morgan fingerprint density at radius 3 is 2.55 bits per heavy atom. The fourth-order valence-corrected chi connectivity index (χ4v) is 2.48. The molecular formula is C16H18BrNO2. The number of aromatic nitrogens is 1. The molecule has 0 radical (unpaired) electrons. The van der Waals surface area contributed by atoms with E-state index in [-0.39, 0.29) is 5.56 Å². The lowest BCUT2D eigenvalue weighted by atomic mass is 10.1. The van der Waals surface area contributed by atoms with E-state index in [9.17, 15) is 4.79 Å². The van der Waals surface area contributed by atoms with Crippen LogP contribution in [0.3, 0.4) is 0 Å². The first-order valence-electron chi connectivity index (χ1n) is 6.64. The summed E-state index contributed by atoms with van der Waals surface area (Å²) in [5, 5.41) is 0. The van der Waals surface area contributed by atoms with Crippen LogP contribution in [0.5, 0.6) is 0 Å². The molecule has 0 fully saturated rings. The summed E-state index contributed by atoms with van der Waals surface area (Å²) in [5.41, 5.74) is 3.79. The van der Waals surface area contributed by atoms with Crippen LogP contribution in [-0.4, -0.2) is 4.98 Å². The van der Waals surface area contributed by atoms with Crippen LogP contribution in [0, 0.1) is 6.92 Å². The molecule has 0 unspecified atom stereocenters. The predicted octanol–water partition coefficient (Wildman–Crippen LogP) is 3.73. The zero-order valence-corrected chi connectivity index (χ0v) is 13.3. The van der Waals surface area contributed by atoms with E-state index in [4.69, 9.17) is 4.74 Å². The Kier molecular flexibility index (Phi) is 5.15. The van der Waals surface area contributed by atoms with E-state index in [1.54, 1.807) is 0 Å². The second-order valence-corrected chi connectivity index (χ2v) is 5.57. The van der Waals surface area contributed by atoms with Gasteiger partial charge in [-0.3, -0.25) is 4.79 Å². The number of rotatable bonds is 5. The molecule has 1 aromatic carbocycles. The summed E-state index contributed by atoms with van der Waals surface area (Å²) in [7, 11) is 0. The number of benzene rings is 1. The molecule has 106 valence electrons. The Labute approximate surface area is 127 Å². The quantitative estimate of drug-likeness (QED) is 0.904. The van der Waals surface area contributed by atoms with Gasteiger partial charge in [0.15, 0.2) is 0 Å². The largest absolute Gasteiger partial charge is 0.372 e. The zero-order valence-electron chi connectivity index (χ0n) is 11.7. The van der Waals surface area contributed by atoms with Gasteiger partial charge < -0.3 is 9.72 Å². The van der Waals surface area contributed by atoms with E-state index >= 15 is 0 Å². The normalized spacial score (nSPS) is 10.8. The van der Waals surface area contributed by atoms with Crippen LogP contribution in [0.25, 0.3) is 0 Å². The molecule has 1 N–H and O–H groups in total. The number of aromatic amines is 1. The highest BCUT2D eigenvalue weighted by Gasteiger charge is 2.05. The van der Waals surface area contributed by atoms with Crippen LogP contribution in [0.2, 0.25) is 0 Å². The first-order valence-corrected chi connectivity index (χ1v) is 7.44. The molecule has 0 aliphatic carbocycles. The highest BCUT2D eigenvalue weighted by atomic mass is 79.9. The fourth-order valence-electron chi connectivity index (χ4n) is 2.08. The van der Waals surface area contributed by atoms with Gasteiger partial charge in [0, 0.05) is 15.7 Å². The molecule has 2 rings (SSSR count). The molecule has 0 atom stereocenters. The Morgan fingerprint density at radius 1 is 1.15 bits per heavy atom. The third-order valence-electron chi connectivity index (χ3n) is 3.28. The van der Waals surface area contributed by atoms with E-state index in [2.05, 4.69) is 27.8 Å². The Bertz CT molecular complexity index is 649. The molecule has 0 aliphatic heterocycles. The van der Waals surface area contributed by atoms with Crippen LogP contribution in [-0.2, 0) is 24.4 Å². The lowest BCUT2D eigenvalue weighted by Crippen LogP contribution is -2.16. The van der Waals surface area contributed by atoms with Crippen molar-refractivity contribution in [2.45, 2.75) is 33.5 Å². The van der Waals surface area contributed by atoms with Crippen LogP contribution in [0.4, 0.5) is 0 Å². The van der Waals surface area contributed by atoms with Gasteiger partial charge in [0.2, 0.25) is 0 Å². The summed E-state index contributed by atoms with van der Waals surface area (Å²) in [4.78, 5) is 14.7. The van der Waals surface area contributed by atoms with E-state index in [1.807, 2.05) is 37.3 Å². The topological polar surface area (TPSA) is 42.1 Å². The van der Waals surface area contributed by atoms with Crippen molar-refractivity contribution in [1.82, 2.24) is 4.98 Å². The molecule has 1 heterocycles. The van der Waals surface area contributed by atoms with Gasteiger partial charge in [0.05, 0.1) is 13.2 Å². The number of nitrogens with one attached hydrogen (secondary N) is 1. The highest BCUT2D eigenvalue weighted by molar-refractivity contribution is 9.10. The molecule has 0 aliphatic rings. The van der Waals surface area contributed by atoms with Crippen molar-refractivity contribution in [1.29, 1.82) is 0 Å². The zero-order chi connectivity index (χ0) is 14.5. The average Bonchev–Trinajstić information content (AvgIpc) is 2.43. The van der Waals surface area contributed by atoms with Gasteiger partial charge in [-0.1, -0.05) is 41.1 Å². The monoisotopic (exact) mass is 335 g/mol. The van der Waals surface area contributed by atoms with Crippen LogP contribution < -0.4 is 5.56 Å². The molecule has 0 amide bonds. The molecule has 1 aromatic heterocycles. The Balaban J connectivity index is 2.05. The maximum Gasteiger partial charge on any atom is 0.253 e. The van der Waals surface area contributed by atoms with Crippen molar-refractivity contribution in [3.05, 3.63) is 67.5 Å².